The number of sulfonamides is 1. The van der Waals surface area contributed by atoms with Gasteiger partial charge in [-0.1, -0.05) is 38.1 Å². The van der Waals surface area contributed by atoms with Crippen molar-refractivity contribution in [3.8, 4) is 0 Å². The van der Waals surface area contributed by atoms with Crippen molar-refractivity contribution >= 4 is 33.0 Å². The Hall–Kier alpha value is -3.36. The Kier molecular flexibility index (Phi) is 7.28. The highest BCUT2D eigenvalue weighted by Gasteiger charge is 2.22. The van der Waals surface area contributed by atoms with Gasteiger partial charge in [0.15, 0.2) is 0 Å². The van der Waals surface area contributed by atoms with Crippen molar-refractivity contribution in [1.29, 1.82) is 0 Å². The lowest BCUT2D eigenvalue weighted by molar-refractivity contribution is 0.102. The fourth-order valence-corrected chi connectivity index (χ4v) is 4.44. The van der Waals surface area contributed by atoms with Gasteiger partial charge in [0.25, 0.3) is 5.91 Å². The van der Waals surface area contributed by atoms with Crippen LogP contribution in [0.2, 0.25) is 0 Å². The minimum atomic E-state index is -3.63. The average molecular weight is 437 g/mol. The van der Waals surface area contributed by atoms with Gasteiger partial charge < -0.3 is 5.32 Å². The van der Waals surface area contributed by atoms with E-state index in [2.05, 4.69) is 15.5 Å². The van der Waals surface area contributed by atoms with E-state index >= 15 is 0 Å². The van der Waals surface area contributed by atoms with Crippen LogP contribution in [0.1, 0.15) is 24.2 Å². The van der Waals surface area contributed by atoms with Crippen LogP contribution in [0.25, 0.3) is 0 Å². The predicted molar refractivity (Wildman–Crippen MR) is 122 cm³/mol. The number of anilines is 1. The largest absolute Gasteiger partial charge is 0.322 e. The summed E-state index contributed by atoms with van der Waals surface area (Å²) in [5.41, 5.74) is 2.23. The summed E-state index contributed by atoms with van der Waals surface area (Å²) >= 11 is 0. The number of hydrogen-bond donors (Lipinski definition) is 1. The summed E-state index contributed by atoms with van der Waals surface area (Å²) in [5.74, 6) is -0.393. The van der Waals surface area contributed by atoms with E-state index in [0.717, 1.165) is 5.69 Å². The Morgan fingerprint density at radius 2 is 1.45 bits per heavy atom. The number of rotatable bonds is 8. The monoisotopic (exact) mass is 436 g/mol. The summed E-state index contributed by atoms with van der Waals surface area (Å²) in [6, 6.07) is 22.3. The van der Waals surface area contributed by atoms with Gasteiger partial charge in [-0.05, 0) is 54.6 Å². The van der Waals surface area contributed by atoms with Gasteiger partial charge in [0.1, 0.15) is 0 Å². The second kappa shape index (κ2) is 10.1. The average Bonchev–Trinajstić information content (AvgIpc) is 2.80. The third-order valence-corrected chi connectivity index (χ3v) is 6.65. The second-order valence-electron chi connectivity index (χ2n) is 6.65. The Balaban J connectivity index is 1.71. The van der Waals surface area contributed by atoms with Crippen molar-refractivity contribution < 1.29 is 13.2 Å². The molecule has 3 aromatic rings. The van der Waals surface area contributed by atoms with Gasteiger partial charge in [-0.15, -0.1) is 0 Å². The molecule has 8 heteroatoms. The van der Waals surface area contributed by atoms with Gasteiger partial charge in [-0.3, -0.25) is 4.79 Å². The first-order chi connectivity index (χ1) is 14.9. The lowest BCUT2D eigenvalue weighted by Gasteiger charge is -2.18. The zero-order chi connectivity index (χ0) is 22.3. The van der Waals surface area contributed by atoms with E-state index in [-0.39, 0.29) is 10.5 Å². The summed E-state index contributed by atoms with van der Waals surface area (Å²) in [6.07, 6.45) is 0. The summed E-state index contributed by atoms with van der Waals surface area (Å²) in [5, 5.41) is 11.1. The molecule has 160 valence electrons. The highest BCUT2D eigenvalue weighted by atomic mass is 32.2. The molecule has 1 amide bonds. The standard InChI is InChI=1S/C23H24N4O3S/c1-3-27(4-2)31(29,30)22-12-8-9-18(17-22)23(28)24-19-13-15-21(16-14-19)26-25-20-10-6-5-7-11-20/h5-17H,3-4H2,1-2H3,(H,24,28). The first-order valence-corrected chi connectivity index (χ1v) is 11.4. The van der Waals surface area contributed by atoms with Crippen LogP contribution < -0.4 is 5.32 Å². The zero-order valence-electron chi connectivity index (χ0n) is 17.4. The number of benzene rings is 3. The second-order valence-corrected chi connectivity index (χ2v) is 8.59. The zero-order valence-corrected chi connectivity index (χ0v) is 18.2. The first-order valence-electron chi connectivity index (χ1n) is 9.92. The highest BCUT2D eigenvalue weighted by Crippen LogP contribution is 2.21. The van der Waals surface area contributed by atoms with Crippen LogP contribution in [0, 0.1) is 0 Å². The molecule has 0 atom stereocenters. The van der Waals surface area contributed by atoms with Crippen molar-refractivity contribution in [3.63, 3.8) is 0 Å². The normalized spacial score (nSPS) is 11.7. The fourth-order valence-electron chi connectivity index (χ4n) is 2.94. The van der Waals surface area contributed by atoms with Crippen LogP contribution in [0.15, 0.2) is 94.0 Å². The van der Waals surface area contributed by atoms with Crippen LogP contribution in [-0.4, -0.2) is 31.7 Å². The van der Waals surface area contributed by atoms with E-state index in [4.69, 9.17) is 0 Å². The molecule has 7 nitrogen and oxygen atoms in total. The number of amides is 1. The van der Waals surface area contributed by atoms with E-state index in [1.165, 1.54) is 16.4 Å². The summed E-state index contributed by atoms with van der Waals surface area (Å²) in [4.78, 5) is 12.7. The third kappa shape index (κ3) is 5.62. The molecule has 0 aliphatic carbocycles. The fraction of sp³-hybridized carbons (Fsp3) is 0.174. The van der Waals surface area contributed by atoms with E-state index in [9.17, 15) is 13.2 Å². The Morgan fingerprint density at radius 1 is 0.839 bits per heavy atom. The molecule has 0 saturated heterocycles. The number of hydrogen-bond acceptors (Lipinski definition) is 5. The molecule has 0 fully saturated rings. The smallest absolute Gasteiger partial charge is 0.255 e. The van der Waals surface area contributed by atoms with E-state index in [0.29, 0.717) is 24.5 Å². The summed E-state index contributed by atoms with van der Waals surface area (Å²) < 4.78 is 26.8. The Labute approximate surface area is 182 Å². The minimum absolute atomic E-state index is 0.0977. The Morgan fingerprint density at radius 3 is 2.06 bits per heavy atom. The molecular formula is C23H24N4O3S. The molecule has 0 radical (unpaired) electrons. The predicted octanol–water partition coefficient (Wildman–Crippen LogP) is 5.38. The van der Waals surface area contributed by atoms with Gasteiger partial charge >= 0.3 is 0 Å². The summed E-state index contributed by atoms with van der Waals surface area (Å²) in [6.45, 7) is 4.29. The molecule has 31 heavy (non-hydrogen) atoms. The van der Waals surface area contributed by atoms with Crippen molar-refractivity contribution in [2.45, 2.75) is 18.7 Å². The van der Waals surface area contributed by atoms with Crippen molar-refractivity contribution in [1.82, 2.24) is 4.31 Å². The van der Waals surface area contributed by atoms with Crippen molar-refractivity contribution in [2.75, 3.05) is 18.4 Å². The third-order valence-electron chi connectivity index (χ3n) is 4.60. The lowest BCUT2D eigenvalue weighted by Crippen LogP contribution is -2.30. The van der Waals surface area contributed by atoms with E-state index < -0.39 is 15.9 Å². The van der Waals surface area contributed by atoms with Gasteiger partial charge in [0, 0.05) is 24.3 Å². The molecule has 3 rings (SSSR count). The molecule has 0 saturated carbocycles. The lowest BCUT2D eigenvalue weighted by atomic mass is 10.2. The van der Waals surface area contributed by atoms with Crippen LogP contribution in [0.5, 0.6) is 0 Å². The van der Waals surface area contributed by atoms with Gasteiger partial charge in [-0.2, -0.15) is 14.5 Å². The molecule has 0 aromatic heterocycles. The number of nitrogens with zero attached hydrogens (tertiary/aromatic N) is 3. The number of carbonyl (C=O) groups is 1. The van der Waals surface area contributed by atoms with Crippen molar-refractivity contribution in [3.05, 3.63) is 84.4 Å². The number of carbonyl (C=O) groups excluding carboxylic acids is 1. The quantitative estimate of drug-likeness (QED) is 0.480. The maximum absolute atomic E-state index is 12.7. The van der Waals surface area contributed by atoms with E-state index in [1.54, 1.807) is 50.2 Å². The van der Waals surface area contributed by atoms with Crippen LogP contribution >= 0.6 is 0 Å². The highest BCUT2D eigenvalue weighted by molar-refractivity contribution is 7.89. The molecule has 0 aliphatic rings. The molecule has 1 N–H and O–H groups in total. The van der Waals surface area contributed by atoms with Crippen LogP contribution in [0.4, 0.5) is 17.1 Å². The maximum atomic E-state index is 12.7. The Bertz CT molecular complexity index is 1160. The van der Waals surface area contributed by atoms with Gasteiger partial charge in [0.2, 0.25) is 10.0 Å². The molecule has 0 aliphatic heterocycles. The van der Waals surface area contributed by atoms with Crippen LogP contribution in [0.3, 0.4) is 0 Å². The molecular weight excluding hydrogens is 412 g/mol. The topological polar surface area (TPSA) is 91.2 Å². The first kappa shape index (κ1) is 22.3. The molecule has 0 spiro atoms. The van der Waals surface area contributed by atoms with Gasteiger partial charge in [0.05, 0.1) is 16.3 Å². The molecule has 0 unspecified atom stereocenters. The molecule has 0 heterocycles. The van der Waals surface area contributed by atoms with Crippen LogP contribution in [-0.2, 0) is 10.0 Å². The molecule has 3 aromatic carbocycles. The van der Waals surface area contributed by atoms with E-state index in [1.807, 2.05) is 30.3 Å². The minimum Gasteiger partial charge on any atom is -0.322 e. The number of nitrogens with one attached hydrogen (secondary N) is 1. The maximum Gasteiger partial charge on any atom is 0.255 e. The number of azo groups is 1. The summed E-state index contributed by atoms with van der Waals surface area (Å²) in [7, 11) is -3.63. The molecule has 0 bridgehead atoms. The van der Waals surface area contributed by atoms with Gasteiger partial charge in [-0.25, -0.2) is 8.42 Å². The SMILES string of the molecule is CCN(CC)S(=O)(=O)c1cccc(C(=O)Nc2ccc(N=Nc3ccccc3)cc2)c1. The van der Waals surface area contributed by atoms with Crippen molar-refractivity contribution in [2.24, 2.45) is 10.2 Å².